The molecule has 1 aromatic heterocycles. The number of benzene rings is 1. The van der Waals surface area contributed by atoms with Crippen LogP contribution in [-0.2, 0) is 17.8 Å². The summed E-state index contributed by atoms with van der Waals surface area (Å²) in [5, 5.41) is 0. The molecule has 2 aromatic rings. The third-order valence-electron chi connectivity index (χ3n) is 7.31. The zero-order valence-corrected chi connectivity index (χ0v) is 20.9. The van der Waals surface area contributed by atoms with Crippen LogP contribution in [-0.4, -0.2) is 90.4 Å². The standard InChI is InChI=1S/C27H38N4O3/c1-21-18-25(22(2)31(21)13-10-23-6-8-24(34-3)9-7-23)26(32)19-28-14-16-29(17-15-28)20-27(33)30-11-4-5-12-30/h6-9,18H,4-5,10-17,19-20H2,1-3H3. The van der Waals surface area contributed by atoms with E-state index in [9.17, 15) is 9.59 Å². The van der Waals surface area contributed by atoms with E-state index < -0.39 is 0 Å². The summed E-state index contributed by atoms with van der Waals surface area (Å²) < 4.78 is 7.49. The molecule has 2 aliphatic rings. The summed E-state index contributed by atoms with van der Waals surface area (Å²) >= 11 is 0. The molecule has 0 unspecified atom stereocenters. The van der Waals surface area contributed by atoms with E-state index in [1.807, 2.05) is 23.1 Å². The molecule has 2 fully saturated rings. The molecule has 3 heterocycles. The van der Waals surface area contributed by atoms with Crippen molar-refractivity contribution in [3.05, 3.63) is 52.8 Å². The van der Waals surface area contributed by atoms with Gasteiger partial charge in [-0.05, 0) is 56.9 Å². The third-order valence-corrected chi connectivity index (χ3v) is 7.31. The van der Waals surface area contributed by atoms with E-state index in [0.29, 0.717) is 13.1 Å². The number of hydrogen-bond acceptors (Lipinski definition) is 5. The van der Waals surface area contributed by atoms with Gasteiger partial charge in [0.05, 0.1) is 20.2 Å². The molecule has 7 heteroatoms. The van der Waals surface area contributed by atoms with Gasteiger partial charge in [0, 0.05) is 62.8 Å². The first kappa shape index (κ1) is 24.5. The average Bonchev–Trinajstić information content (AvgIpc) is 3.48. The van der Waals surface area contributed by atoms with Crippen molar-refractivity contribution in [1.82, 2.24) is 19.3 Å². The number of rotatable bonds is 9. The molecule has 1 aromatic carbocycles. The van der Waals surface area contributed by atoms with Crippen molar-refractivity contribution in [1.29, 1.82) is 0 Å². The molecule has 34 heavy (non-hydrogen) atoms. The van der Waals surface area contributed by atoms with Crippen molar-refractivity contribution in [3.8, 4) is 5.75 Å². The Morgan fingerprint density at radius 1 is 0.882 bits per heavy atom. The second-order valence-corrected chi connectivity index (χ2v) is 9.60. The number of aryl methyl sites for hydroxylation is 2. The third kappa shape index (κ3) is 5.88. The Labute approximate surface area is 203 Å². The molecule has 2 aliphatic heterocycles. The summed E-state index contributed by atoms with van der Waals surface area (Å²) in [7, 11) is 1.68. The molecule has 0 spiro atoms. The van der Waals surface area contributed by atoms with Gasteiger partial charge in [0.25, 0.3) is 0 Å². The van der Waals surface area contributed by atoms with Crippen LogP contribution in [0.5, 0.6) is 5.75 Å². The predicted molar refractivity (Wildman–Crippen MR) is 134 cm³/mol. The molecule has 2 saturated heterocycles. The van der Waals surface area contributed by atoms with E-state index in [1.165, 1.54) is 5.56 Å². The van der Waals surface area contributed by atoms with Gasteiger partial charge in [-0.1, -0.05) is 12.1 Å². The minimum Gasteiger partial charge on any atom is -0.497 e. The number of carbonyl (C=O) groups is 2. The number of Topliss-reactive ketones (excluding diaryl/α,β-unsaturated/α-hetero) is 1. The Kier molecular flexibility index (Phi) is 8.06. The molecule has 1 amide bonds. The zero-order valence-electron chi connectivity index (χ0n) is 20.9. The number of hydrogen-bond donors (Lipinski definition) is 0. The predicted octanol–water partition coefficient (Wildman–Crippen LogP) is 2.78. The van der Waals surface area contributed by atoms with E-state index in [2.05, 4.69) is 40.3 Å². The van der Waals surface area contributed by atoms with Gasteiger partial charge < -0.3 is 14.2 Å². The van der Waals surface area contributed by atoms with E-state index in [-0.39, 0.29) is 11.7 Å². The van der Waals surface area contributed by atoms with E-state index >= 15 is 0 Å². The number of ether oxygens (including phenoxy) is 1. The van der Waals surface area contributed by atoms with E-state index in [0.717, 1.165) is 87.8 Å². The second-order valence-electron chi connectivity index (χ2n) is 9.60. The van der Waals surface area contributed by atoms with Gasteiger partial charge in [0.15, 0.2) is 5.78 Å². The van der Waals surface area contributed by atoms with Crippen molar-refractivity contribution in [2.45, 2.75) is 39.7 Å². The van der Waals surface area contributed by atoms with Crippen LogP contribution in [0.15, 0.2) is 30.3 Å². The summed E-state index contributed by atoms with van der Waals surface area (Å²) in [6.07, 6.45) is 3.17. The van der Waals surface area contributed by atoms with Crippen molar-refractivity contribution in [3.63, 3.8) is 0 Å². The number of carbonyl (C=O) groups excluding carboxylic acids is 2. The molecular weight excluding hydrogens is 428 g/mol. The zero-order chi connectivity index (χ0) is 24.1. The number of aromatic nitrogens is 1. The van der Waals surface area contributed by atoms with Crippen LogP contribution in [0.2, 0.25) is 0 Å². The highest BCUT2D eigenvalue weighted by atomic mass is 16.5. The van der Waals surface area contributed by atoms with Gasteiger partial charge >= 0.3 is 0 Å². The molecule has 0 bridgehead atoms. The smallest absolute Gasteiger partial charge is 0.236 e. The minimum absolute atomic E-state index is 0.186. The highest BCUT2D eigenvalue weighted by Gasteiger charge is 2.25. The molecule has 0 saturated carbocycles. The Balaban J connectivity index is 1.27. The summed E-state index contributed by atoms with van der Waals surface area (Å²) in [6, 6.07) is 10.2. The Hall–Kier alpha value is -2.64. The van der Waals surface area contributed by atoms with Crippen molar-refractivity contribution >= 4 is 11.7 Å². The quantitative estimate of drug-likeness (QED) is 0.532. The minimum atomic E-state index is 0.186. The SMILES string of the molecule is COc1ccc(CCn2c(C)cc(C(=O)CN3CCN(CC(=O)N4CCCC4)CC3)c2C)cc1. The number of piperazine rings is 1. The molecule has 0 radical (unpaired) electrons. The van der Waals surface area contributed by atoms with Gasteiger partial charge in [-0.15, -0.1) is 0 Å². The Morgan fingerprint density at radius 3 is 2.12 bits per heavy atom. The Bertz CT molecular complexity index is 984. The fraction of sp³-hybridized carbons (Fsp3) is 0.556. The van der Waals surface area contributed by atoms with Crippen molar-refractivity contribution in [2.75, 3.05) is 59.5 Å². The van der Waals surface area contributed by atoms with Gasteiger partial charge in [-0.3, -0.25) is 19.4 Å². The van der Waals surface area contributed by atoms with Gasteiger partial charge in [0.2, 0.25) is 5.91 Å². The number of likely N-dealkylation sites (tertiary alicyclic amines) is 1. The van der Waals surface area contributed by atoms with Crippen molar-refractivity contribution in [2.24, 2.45) is 0 Å². The number of nitrogens with zero attached hydrogens (tertiary/aromatic N) is 4. The van der Waals surface area contributed by atoms with Gasteiger partial charge in [-0.2, -0.15) is 0 Å². The lowest BCUT2D eigenvalue weighted by molar-refractivity contribution is -0.131. The fourth-order valence-corrected chi connectivity index (χ4v) is 5.11. The van der Waals surface area contributed by atoms with Crippen LogP contribution in [0.3, 0.4) is 0 Å². The van der Waals surface area contributed by atoms with Crippen LogP contribution < -0.4 is 4.74 Å². The summed E-state index contributed by atoms with van der Waals surface area (Å²) in [6.45, 7) is 11.1. The fourth-order valence-electron chi connectivity index (χ4n) is 5.11. The molecule has 0 atom stereocenters. The lowest BCUT2D eigenvalue weighted by Crippen LogP contribution is -2.50. The number of ketones is 1. The van der Waals surface area contributed by atoms with E-state index in [1.54, 1.807) is 7.11 Å². The maximum absolute atomic E-state index is 13.1. The molecular formula is C27H38N4O3. The van der Waals surface area contributed by atoms with Crippen LogP contribution in [0.25, 0.3) is 0 Å². The van der Waals surface area contributed by atoms with Crippen LogP contribution in [0.4, 0.5) is 0 Å². The van der Waals surface area contributed by atoms with Crippen LogP contribution in [0, 0.1) is 13.8 Å². The monoisotopic (exact) mass is 466 g/mol. The Morgan fingerprint density at radius 2 is 1.50 bits per heavy atom. The molecule has 0 N–H and O–H groups in total. The summed E-state index contributed by atoms with van der Waals surface area (Å²) in [5.41, 5.74) is 4.26. The normalized spacial score (nSPS) is 17.3. The van der Waals surface area contributed by atoms with Gasteiger partial charge in [-0.25, -0.2) is 0 Å². The molecule has 184 valence electrons. The first-order valence-electron chi connectivity index (χ1n) is 12.5. The highest BCUT2D eigenvalue weighted by Crippen LogP contribution is 2.19. The maximum Gasteiger partial charge on any atom is 0.236 e. The second kappa shape index (κ2) is 11.2. The number of amides is 1. The lowest BCUT2D eigenvalue weighted by Gasteiger charge is -2.34. The van der Waals surface area contributed by atoms with Crippen LogP contribution in [0.1, 0.15) is 40.2 Å². The molecule has 7 nitrogen and oxygen atoms in total. The van der Waals surface area contributed by atoms with E-state index in [4.69, 9.17) is 4.74 Å². The molecule has 0 aliphatic carbocycles. The van der Waals surface area contributed by atoms with Gasteiger partial charge in [0.1, 0.15) is 5.75 Å². The van der Waals surface area contributed by atoms with Crippen molar-refractivity contribution < 1.29 is 14.3 Å². The van der Waals surface area contributed by atoms with Crippen LogP contribution >= 0.6 is 0 Å². The number of methoxy groups -OCH3 is 1. The average molecular weight is 467 g/mol. The molecule has 4 rings (SSSR count). The maximum atomic E-state index is 13.1. The lowest BCUT2D eigenvalue weighted by atomic mass is 10.1. The summed E-state index contributed by atoms with van der Waals surface area (Å²) in [4.78, 5) is 32.0. The topological polar surface area (TPSA) is 58.0 Å². The first-order valence-corrected chi connectivity index (χ1v) is 12.5. The largest absolute Gasteiger partial charge is 0.497 e. The highest BCUT2D eigenvalue weighted by molar-refractivity contribution is 5.99. The first-order chi connectivity index (χ1) is 16.4. The summed E-state index contributed by atoms with van der Waals surface area (Å²) in [5.74, 6) is 1.30.